The van der Waals surface area contributed by atoms with Crippen LogP contribution in [0.1, 0.15) is 30.8 Å². The molecule has 1 saturated heterocycles. The lowest BCUT2D eigenvalue weighted by molar-refractivity contribution is -0.145. The van der Waals surface area contributed by atoms with Gasteiger partial charge in [0.1, 0.15) is 0 Å². The van der Waals surface area contributed by atoms with Crippen molar-refractivity contribution in [1.29, 1.82) is 0 Å². The van der Waals surface area contributed by atoms with Crippen LogP contribution < -0.4 is 0 Å². The summed E-state index contributed by atoms with van der Waals surface area (Å²) in [5.41, 5.74) is 1.77. The Bertz CT molecular complexity index is 754. The van der Waals surface area contributed by atoms with Gasteiger partial charge in [-0.1, -0.05) is 30.3 Å². The summed E-state index contributed by atoms with van der Waals surface area (Å²) in [5.74, 6) is -0.0498. The first kappa shape index (κ1) is 17.2. The van der Waals surface area contributed by atoms with Crippen LogP contribution in [-0.4, -0.2) is 40.0 Å². The molecule has 1 aliphatic heterocycles. The predicted octanol–water partition coefficient (Wildman–Crippen LogP) is 2.91. The van der Waals surface area contributed by atoms with Gasteiger partial charge in [-0.05, 0) is 19.8 Å². The second kappa shape index (κ2) is 7.51. The number of nitrogens with zero attached hydrogens (tertiary/aromatic N) is 2. The Morgan fingerprint density at radius 1 is 1.32 bits per heavy atom. The molecule has 1 fully saturated rings. The number of hydrogen-bond acceptors (Lipinski definition) is 4. The van der Waals surface area contributed by atoms with Crippen LogP contribution in [0.4, 0.5) is 0 Å². The standard InChI is InChI=1S/C19H22N2O4/c1-13-18(14-6-3-2-4-7-14)25-16(20-13)9-10-17(22)21-11-5-8-15(12-21)19(23)24/h2-4,6-7,15H,5,8-12H2,1H3,(H,23,24). The number of carbonyl (C=O) groups excluding carboxylic acids is 1. The lowest BCUT2D eigenvalue weighted by Crippen LogP contribution is -2.42. The summed E-state index contributed by atoms with van der Waals surface area (Å²) >= 11 is 0. The van der Waals surface area contributed by atoms with E-state index in [-0.39, 0.29) is 12.3 Å². The van der Waals surface area contributed by atoms with E-state index in [9.17, 15) is 9.59 Å². The fourth-order valence-electron chi connectivity index (χ4n) is 3.19. The van der Waals surface area contributed by atoms with Crippen LogP contribution in [-0.2, 0) is 16.0 Å². The Morgan fingerprint density at radius 3 is 2.80 bits per heavy atom. The minimum atomic E-state index is -0.826. The van der Waals surface area contributed by atoms with Crippen LogP contribution in [0, 0.1) is 12.8 Å². The Kier molecular flexibility index (Phi) is 5.16. The second-order valence-corrected chi connectivity index (χ2v) is 6.41. The van der Waals surface area contributed by atoms with Gasteiger partial charge in [-0.2, -0.15) is 0 Å². The lowest BCUT2D eigenvalue weighted by atomic mass is 9.98. The highest BCUT2D eigenvalue weighted by molar-refractivity contribution is 5.78. The summed E-state index contributed by atoms with van der Waals surface area (Å²) in [7, 11) is 0. The third kappa shape index (κ3) is 4.07. The predicted molar refractivity (Wildman–Crippen MR) is 91.9 cm³/mol. The number of carboxylic acid groups (broad SMARTS) is 1. The van der Waals surface area contributed by atoms with E-state index in [0.717, 1.165) is 23.4 Å². The van der Waals surface area contributed by atoms with Gasteiger partial charge in [0.05, 0.1) is 11.6 Å². The third-order valence-electron chi connectivity index (χ3n) is 4.55. The van der Waals surface area contributed by atoms with Gasteiger partial charge in [0, 0.05) is 31.5 Å². The fourth-order valence-corrected chi connectivity index (χ4v) is 3.19. The number of aliphatic carboxylic acids is 1. The molecule has 0 spiro atoms. The minimum absolute atomic E-state index is 0.0388. The molecule has 1 aliphatic rings. The van der Waals surface area contributed by atoms with Gasteiger partial charge in [-0.15, -0.1) is 0 Å². The molecule has 2 aromatic rings. The first-order valence-electron chi connectivity index (χ1n) is 8.57. The molecule has 0 aliphatic carbocycles. The summed E-state index contributed by atoms with van der Waals surface area (Å²) in [4.78, 5) is 29.5. The maximum atomic E-state index is 12.4. The summed E-state index contributed by atoms with van der Waals surface area (Å²) < 4.78 is 5.82. The van der Waals surface area contributed by atoms with Gasteiger partial charge in [0.15, 0.2) is 11.7 Å². The second-order valence-electron chi connectivity index (χ2n) is 6.41. The lowest BCUT2D eigenvalue weighted by Gasteiger charge is -2.30. The van der Waals surface area contributed by atoms with Crippen LogP contribution >= 0.6 is 0 Å². The Labute approximate surface area is 146 Å². The molecule has 2 heterocycles. The molecule has 0 bridgehead atoms. The number of oxazole rings is 1. The normalized spacial score (nSPS) is 17.5. The summed E-state index contributed by atoms with van der Waals surface area (Å²) in [6.45, 7) is 2.82. The number of benzene rings is 1. The number of rotatable bonds is 5. The zero-order chi connectivity index (χ0) is 17.8. The number of carbonyl (C=O) groups is 2. The average Bonchev–Trinajstić information content (AvgIpc) is 3.01. The molecule has 1 unspecified atom stereocenters. The Hall–Kier alpha value is -2.63. The van der Waals surface area contributed by atoms with Gasteiger partial charge in [0.25, 0.3) is 0 Å². The molecule has 1 aromatic heterocycles. The quantitative estimate of drug-likeness (QED) is 0.903. The van der Waals surface area contributed by atoms with Crippen LogP contribution in [0.3, 0.4) is 0 Å². The number of amides is 1. The molecular weight excluding hydrogens is 320 g/mol. The van der Waals surface area contributed by atoms with Crippen LogP contribution in [0.2, 0.25) is 0 Å². The van der Waals surface area contributed by atoms with Crippen molar-refractivity contribution in [2.45, 2.75) is 32.6 Å². The zero-order valence-electron chi connectivity index (χ0n) is 14.3. The van der Waals surface area contributed by atoms with E-state index in [4.69, 9.17) is 9.52 Å². The third-order valence-corrected chi connectivity index (χ3v) is 4.55. The highest BCUT2D eigenvalue weighted by Crippen LogP contribution is 2.25. The van der Waals surface area contributed by atoms with Crippen molar-refractivity contribution in [3.8, 4) is 11.3 Å². The molecule has 6 nitrogen and oxygen atoms in total. The van der Waals surface area contributed by atoms with Gasteiger partial charge in [-0.25, -0.2) is 4.98 Å². The van der Waals surface area contributed by atoms with Gasteiger partial charge < -0.3 is 14.4 Å². The van der Waals surface area contributed by atoms with Crippen molar-refractivity contribution < 1.29 is 19.1 Å². The highest BCUT2D eigenvalue weighted by Gasteiger charge is 2.28. The highest BCUT2D eigenvalue weighted by atomic mass is 16.4. The molecule has 1 atom stereocenters. The van der Waals surface area contributed by atoms with Crippen molar-refractivity contribution >= 4 is 11.9 Å². The molecule has 1 aromatic carbocycles. The number of hydrogen-bond donors (Lipinski definition) is 1. The van der Waals surface area contributed by atoms with Crippen molar-refractivity contribution in [1.82, 2.24) is 9.88 Å². The van der Waals surface area contributed by atoms with E-state index in [0.29, 0.717) is 31.8 Å². The summed E-state index contributed by atoms with van der Waals surface area (Å²) in [6, 6.07) is 9.74. The van der Waals surface area contributed by atoms with Crippen molar-refractivity contribution in [3.63, 3.8) is 0 Å². The van der Waals surface area contributed by atoms with Crippen LogP contribution in [0.15, 0.2) is 34.7 Å². The first-order chi connectivity index (χ1) is 12.0. The number of aryl methyl sites for hydroxylation is 2. The smallest absolute Gasteiger partial charge is 0.308 e. The van der Waals surface area contributed by atoms with Gasteiger partial charge >= 0.3 is 5.97 Å². The first-order valence-corrected chi connectivity index (χ1v) is 8.57. The van der Waals surface area contributed by atoms with Crippen LogP contribution in [0.25, 0.3) is 11.3 Å². The Morgan fingerprint density at radius 2 is 2.08 bits per heavy atom. The molecule has 6 heteroatoms. The summed E-state index contributed by atoms with van der Waals surface area (Å²) in [5, 5.41) is 9.12. The average molecular weight is 342 g/mol. The monoisotopic (exact) mass is 342 g/mol. The van der Waals surface area contributed by atoms with E-state index in [1.54, 1.807) is 4.90 Å². The SMILES string of the molecule is Cc1nc(CCC(=O)N2CCCC(C(=O)O)C2)oc1-c1ccccc1. The Balaban J connectivity index is 1.60. The zero-order valence-corrected chi connectivity index (χ0v) is 14.3. The molecule has 1 N–H and O–H groups in total. The van der Waals surface area contributed by atoms with E-state index < -0.39 is 11.9 Å². The van der Waals surface area contributed by atoms with E-state index >= 15 is 0 Å². The van der Waals surface area contributed by atoms with Crippen LogP contribution in [0.5, 0.6) is 0 Å². The van der Waals surface area contributed by atoms with Crippen molar-refractivity contribution in [3.05, 3.63) is 41.9 Å². The van der Waals surface area contributed by atoms with E-state index in [1.165, 1.54) is 0 Å². The maximum absolute atomic E-state index is 12.4. The van der Waals surface area contributed by atoms with Crippen molar-refractivity contribution in [2.24, 2.45) is 5.92 Å². The number of piperidine rings is 1. The molecule has 132 valence electrons. The maximum Gasteiger partial charge on any atom is 0.308 e. The van der Waals surface area contributed by atoms with E-state index in [2.05, 4.69) is 4.98 Å². The van der Waals surface area contributed by atoms with Gasteiger partial charge in [0.2, 0.25) is 5.91 Å². The molecule has 1 amide bonds. The molecule has 0 radical (unpaired) electrons. The minimum Gasteiger partial charge on any atom is -0.481 e. The van der Waals surface area contributed by atoms with Gasteiger partial charge in [-0.3, -0.25) is 9.59 Å². The van der Waals surface area contributed by atoms with E-state index in [1.807, 2.05) is 37.3 Å². The largest absolute Gasteiger partial charge is 0.481 e. The summed E-state index contributed by atoms with van der Waals surface area (Å²) in [6.07, 6.45) is 2.07. The number of carboxylic acids is 1. The molecule has 3 rings (SSSR count). The molecular formula is C19H22N2O4. The molecule has 25 heavy (non-hydrogen) atoms. The number of likely N-dealkylation sites (tertiary alicyclic amines) is 1. The molecule has 0 saturated carbocycles. The number of aromatic nitrogens is 1. The fraction of sp³-hybridized carbons (Fsp3) is 0.421. The van der Waals surface area contributed by atoms with Crippen molar-refractivity contribution in [2.75, 3.05) is 13.1 Å². The topological polar surface area (TPSA) is 83.6 Å².